The molecule has 2 saturated carbocycles. The third-order valence-electron chi connectivity index (χ3n) is 6.10. The van der Waals surface area contributed by atoms with E-state index in [1.54, 1.807) is 6.07 Å². The monoisotopic (exact) mass is 430 g/mol. The van der Waals surface area contributed by atoms with Crippen LogP contribution in [0.4, 0.5) is 17.6 Å². The van der Waals surface area contributed by atoms with E-state index in [0.717, 1.165) is 12.8 Å². The Morgan fingerprint density at radius 1 is 1.19 bits per heavy atom. The summed E-state index contributed by atoms with van der Waals surface area (Å²) in [6.07, 6.45) is -0.726. The van der Waals surface area contributed by atoms with Gasteiger partial charge in [0.1, 0.15) is 29.1 Å². The molecular formula is C22H18F4N4O. The van der Waals surface area contributed by atoms with Crippen LogP contribution in [0.5, 0.6) is 5.75 Å². The van der Waals surface area contributed by atoms with Crippen molar-refractivity contribution < 1.29 is 22.3 Å². The second-order valence-electron chi connectivity index (χ2n) is 8.36. The van der Waals surface area contributed by atoms with Gasteiger partial charge in [0, 0.05) is 25.5 Å². The number of alkyl halides is 3. The first-order chi connectivity index (χ1) is 14.8. The zero-order valence-corrected chi connectivity index (χ0v) is 16.4. The molecule has 5 nitrogen and oxygen atoms in total. The summed E-state index contributed by atoms with van der Waals surface area (Å²) < 4.78 is 62.4. The van der Waals surface area contributed by atoms with E-state index in [0.29, 0.717) is 23.7 Å². The van der Waals surface area contributed by atoms with Crippen molar-refractivity contribution in [2.45, 2.75) is 49.8 Å². The summed E-state index contributed by atoms with van der Waals surface area (Å²) in [5.74, 6) is 0.165. The number of fused-ring (bicyclic) bond motifs is 1. The second-order valence-corrected chi connectivity index (χ2v) is 8.36. The first kappa shape index (κ1) is 19.8. The first-order valence-corrected chi connectivity index (χ1v) is 10.1. The molecule has 0 atom stereocenters. The van der Waals surface area contributed by atoms with Crippen molar-refractivity contribution in [3.63, 3.8) is 0 Å². The Hall–Kier alpha value is -3.15. The van der Waals surface area contributed by atoms with Gasteiger partial charge in [-0.25, -0.2) is 4.39 Å². The highest BCUT2D eigenvalue weighted by Crippen LogP contribution is 2.47. The zero-order chi connectivity index (χ0) is 21.8. The van der Waals surface area contributed by atoms with E-state index < -0.39 is 29.1 Å². The SMILES string of the molecule is N#C[C@]1(c2cccc(F)c2)C[C@H](Oc2ccn3c(CC4CC4)nnc3c2C(F)(F)F)C1. The Labute approximate surface area is 175 Å². The molecule has 2 aliphatic carbocycles. The van der Waals surface area contributed by atoms with Gasteiger partial charge in [0.15, 0.2) is 5.65 Å². The number of benzene rings is 1. The second kappa shape index (κ2) is 6.94. The largest absolute Gasteiger partial charge is 0.489 e. The maximum atomic E-state index is 13.9. The maximum absolute atomic E-state index is 13.9. The van der Waals surface area contributed by atoms with Gasteiger partial charge in [-0.05, 0) is 42.5 Å². The van der Waals surface area contributed by atoms with Gasteiger partial charge in [0.2, 0.25) is 0 Å². The van der Waals surface area contributed by atoms with Crippen molar-refractivity contribution in [1.29, 1.82) is 5.26 Å². The highest BCUT2D eigenvalue weighted by atomic mass is 19.4. The van der Waals surface area contributed by atoms with Crippen LogP contribution >= 0.6 is 0 Å². The molecule has 0 amide bonds. The number of hydrogen-bond donors (Lipinski definition) is 0. The average Bonchev–Trinajstić information content (AvgIpc) is 3.42. The van der Waals surface area contributed by atoms with Crippen LogP contribution in [0.1, 0.15) is 42.6 Å². The molecule has 0 N–H and O–H groups in total. The Balaban J connectivity index is 1.42. The molecule has 2 fully saturated rings. The lowest BCUT2D eigenvalue weighted by Gasteiger charge is -2.42. The number of pyridine rings is 1. The molecule has 0 bridgehead atoms. The fraction of sp³-hybridized carbons (Fsp3) is 0.409. The molecule has 0 aliphatic heterocycles. The van der Waals surface area contributed by atoms with Crippen molar-refractivity contribution in [1.82, 2.24) is 14.6 Å². The van der Waals surface area contributed by atoms with Gasteiger partial charge in [-0.1, -0.05) is 12.1 Å². The van der Waals surface area contributed by atoms with Crippen LogP contribution in [0.15, 0.2) is 36.5 Å². The molecule has 9 heteroatoms. The Kier molecular flexibility index (Phi) is 4.43. The molecule has 3 aromatic rings. The predicted molar refractivity (Wildman–Crippen MR) is 102 cm³/mol. The summed E-state index contributed by atoms with van der Waals surface area (Å²) >= 11 is 0. The van der Waals surface area contributed by atoms with Gasteiger partial charge in [-0.15, -0.1) is 10.2 Å². The first-order valence-electron chi connectivity index (χ1n) is 10.1. The highest BCUT2D eigenvalue weighted by molar-refractivity contribution is 5.57. The van der Waals surface area contributed by atoms with Crippen LogP contribution in [-0.4, -0.2) is 20.7 Å². The van der Waals surface area contributed by atoms with Crippen LogP contribution in [-0.2, 0) is 18.0 Å². The zero-order valence-electron chi connectivity index (χ0n) is 16.4. The Morgan fingerprint density at radius 2 is 1.97 bits per heavy atom. The van der Waals surface area contributed by atoms with E-state index in [1.165, 1.54) is 34.9 Å². The molecule has 0 spiro atoms. The Bertz CT molecular complexity index is 1190. The number of ether oxygens (including phenoxy) is 1. The number of hydrogen-bond acceptors (Lipinski definition) is 4. The minimum atomic E-state index is -4.68. The van der Waals surface area contributed by atoms with E-state index in [4.69, 9.17) is 4.74 Å². The van der Waals surface area contributed by atoms with Gasteiger partial charge >= 0.3 is 6.18 Å². The van der Waals surface area contributed by atoms with Gasteiger partial charge < -0.3 is 4.74 Å². The molecule has 5 rings (SSSR count). The summed E-state index contributed by atoms with van der Waals surface area (Å²) in [5.41, 5.74) is -1.72. The number of nitrogens with zero attached hydrogens (tertiary/aromatic N) is 4. The minimum absolute atomic E-state index is 0.176. The third kappa shape index (κ3) is 3.50. The number of rotatable bonds is 5. The van der Waals surface area contributed by atoms with Crippen LogP contribution in [0, 0.1) is 23.1 Å². The van der Waals surface area contributed by atoms with Crippen molar-refractivity contribution in [3.8, 4) is 11.8 Å². The molecule has 1 aromatic carbocycles. The quantitative estimate of drug-likeness (QED) is 0.544. The lowest BCUT2D eigenvalue weighted by atomic mass is 9.63. The molecule has 0 saturated heterocycles. The predicted octanol–water partition coefficient (Wildman–Crippen LogP) is 4.84. The topological polar surface area (TPSA) is 63.2 Å². The van der Waals surface area contributed by atoms with Gasteiger partial charge in [0.05, 0.1) is 11.5 Å². The lowest BCUT2D eigenvalue weighted by Crippen LogP contribution is -2.46. The fourth-order valence-electron chi connectivity index (χ4n) is 4.23. The van der Waals surface area contributed by atoms with Crippen LogP contribution < -0.4 is 4.74 Å². The minimum Gasteiger partial charge on any atom is -0.489 e. The van der Waals surface area contributed by atoms with E-state index in [9.17, 15) is 22.8 Å². The molecular weight excluding hydrogens is 412 g/mol. The molecule has 160 valence electrons. The van der Waals surface area contributed by atoms with E-state index >= 15 is 0 Å². The summed E-state index contributed by atoms with van der Waals surface area (Å²) in [6.45, 7) is 0. The molecule has 2 aromatic heterocycles. The average molecular weight is 430 g/mol. The van der Waals surface area contributed by atoms with E-state index in [-0.39, 0.29) is 24.2 Å². The number of aromatic nitrogens is 3. The van der Waals surface area contributed by atoms with Crippen molar-refractivity contribution in [2.75, 3.05) is 0 Å². The molecule has 2 aliphatic rings. The standard InChI is InChI=1S/C22H18F4N4O/c23-15-3-1-2-14(9-15)21(12-27)10-16(11-21)31-17-6-7-30-18(8-13-4-5-13)28-29-20(30)19(17)22(24,25)26/h1-3,6-7,9,13,16H,4-5,8,10-11H2/t16-,21-. The van der Waals surface area contributed by atoms with Crippen LogP contribution in [0.2, 0.25) is 0 Å². The van der Waals surface area contributed by atoms with Crippen LogP contribution in [0.25, 0.3) is 5.65 Å². The molecule has 0 radical (unpaired) electrons. The maximum Gasteiger partial charge on any atom is 0.423 e. The Morgan fingerprint density at radius 3 is 2.61 bits per heavy atom. The summed E-state index contributed by atoms with van der Waals surface area (Å²) in [4.78, 5) is 0. The van der Waals surface area contributed by atoms with Gasteiger partial charge in [-0.3, -0.25) is 4.40 Å². The van der Waals surface area contributed by atoms with Crippen molar-refractivity contribution in [3.05, 3.63) is 59.3 Å². The molecule has 2 heterocycles. The lowest BCUT2D eigenvalue weighted by molar-refractivity contribution is -0.138. The van der Waals surface area contributed by atoms with Crippen LogP contribution in [0.3, 0.4) is 0 Å². The fourth-order valence-corrected chi connectivity index (χ4v) is 4.23. The summed E-state index contributed by atoms with van der Waals surface area (Å²) in [6, 6.07) is 9.18. The molecule has 31 heavy (non-hydrogen) atoms. The normalized spacial score (nSPS) is 23.4. The summed E-state index contributed by atoms with van der Waals surface area (Å²) in [5, 5.41) is 17.4. The number of halogens is 4. The summed E-state index contributed by atoms with van der Waals surface area (Å²) in [7, 11) is 0. The third-order valence-corrected chi connectivity index (χ3v) is 6.10. The van der Waals surface area contributed by atoms with Gasteiger partial charge in [0.25, 0.3) is 0 Å². The van der Waals surface area contributed by atoms with E-state index in [2.05, 4.69) is 16.3 Å². The van der Waals surface area contributed by atoms with E-state index in [1.807, 2.05) is 0 Å². The smallest absolute Gasteiger partial charge is 0.423 e. The molecule has 0 unspecified atom stereocenters. The van der Waals surface area contributed by atoms with Crippen molar-refractivity contribution >= 4 is 5.65 Å². The van der Waals surface area contributed by atoms with Crippen molar-refractivity contribution in [2.24, 2.45) is 5.92 Å². The number of nitriles is 1. The highest BCUT2D eigenvalue weighted by Gasteiger charge is 2.49. The van der Waals surface area contributed by atoms with Gasteiger partial charge in [-0.2, -0.15) is 18.4 Å².